The molecule has 112 valence electrons. The van der Waals surface area contributed by atoms with Gasteiger partial charge in [0.25, 0.3) is 0 Å². The van der Waals surface area contributed by atoms with Gasteiger partial charge in [-0.25, -0.2) is 0 Å². The molecule has 1 aliphatic rings. The first-order chi connectivity index (χ1) is 9.54. The maximum Gasteiger partial charge on any atom is 0.225 e. The monoisotopic (exact) mass is 277 g/mol. The first kappa shape index (κ1) is 15.1. The van der Waals surface area contributed by atoms with Crippen molar-refractivity contribution in [1.82, 2.24) is 14.7 Å². The molecule has 1 aliphatic carbocycles. The smallest absolute Gasteiger partial charge is 0.225 e. The van der Waals surface area contributed by atoms with Crippen molar-refractivity contribution in [3.05, 3.63) is 17.0 Å². The second-order valence-electron chi connectivity index (χ2n) is 6.01. The van der Waals surface area contributed by atoms with Crippen LogP contribution in [-0.2, 0) is 18.4 Å². The van der Waals surface area contributed by atoms with E-state index >= 15 is 0 Å². The van der Waals surface area contributed by atoms with E-state index in [2.05, 4.69) is 18.9 Å². The summed E-state index contributed by atoms with van der Waals surface area (Å²) in [6.45, 7) is 7.82. The molecule has 0 bridgehead atoms. The van der Waals surface area contributed by atoms with Gasteiger partial charge in [-0.2, -0.15) is 5.10 Å². The lowest BCUT2D eigenvalue weighted by Gasteiger charge is -2.25. The van der Waals surface area contributed by atoms with Crippen molar-refractivity contribution >= 4 is 5.91 Å². The van der Waals surface area contributed by atoms with Gasteiger partial charge in [-0.15, -0.1) is 0 Å². The molecular weight excluding hydrogens is 250 g/mol. The fourth-order valence-corrected chi connectivity index (χ4v) is 3.21. The Kier molecular flexibility index (Phi) is 4.84. The third-order valence-corrected chi connectivity index (χ3v) is 4.52. The summed E-state index contributed by atoms with van der Waals surface area (Å²) >= 11 is 0. The van der Waals surface area contributed by atoms with E-state index in [1.54, 1.807) is 0 Å². The minimum Gasteiger partial charge on any atom is -0.338 e. The summed E-state index contributed by atoms with van der Waals surface area (Å²) in [7, 11) is 1.97. The summed E-state index contributed by atoms with van der Waals surface area (Å²) < 4.78 is 1.91. The van der Waals surface area contributed by atoms with Crippen LogP contribution in [0.4, 0.5) is 0 Å². The molecule has 0 aromatic carbocycles. The molecule has 1 fully saturated rings. The molecule has 0 aliphatic heterocycles. The molecule has 1 saturated carbocycles. The van der Waals surface area contributed by atoms with Gasteiger partial charge in [0.2, 0.25) is 5.91 Å². The molecule has 0 spiro atoms. The van der Waals surface area contributed by atoms with Crippen LogP contribution in [0.1, 0.15) is 56.0 Å². The minimum absolute atomic E-state index is 0.263. The van der Waals surface area contributed by atoms with Crippen molar-refractivity contribution in [1.29, 1.82) is 0 Å². The summed E-state index contributed by atoms with van der Waals surface area (Å²) in [5.41, 5.74) is 3.43. The summed E-state index contributed by atoms with van der Waals surface area (Å²) in [6.07, 6.45) is 5.58. The van der Waals surface area contributed by atoms with E-state index in [0.29, 0.717) is 12.5 Å². The lowest BCUT2D eigenvalue weighted by Crippen LogP contribution is -2.35. The number of nitrogens with zero attached hydrogens (tertiary/aromatic N) is 3. The average molecular weight is 277 g/mol. The van der Waals surface area contributed by atoms with Crippen molar-refractivity contribution in [2.45, 2.75) is 59.4 Å². The van der Waals surface area contributed by atoms with Crippen LogP contribution in [0.25, 0.3) is 0 Å². The number of aromatic nitrogens is 2. The number of carbonyl (C=O) groups excluding carboxylic acids is 1. The highest BCUT2D eigenvalue weighted by Crippen LogP contribution is 2.27. The van der Waals surface area contributed by atoms with Crippen LogP contribution in [0.3, 0.4) is 0 Å². The largest absolute Gasteiger partial charge is 0.338 e. The standard InChI is InChI=1S/C16H27N3O/c1-5-10-19(16(20)14-8-6-7-9-14)11-15-12(2)17-18(4)13(15)3/h14H,5-11H2,1-4H3. The number of rotatable bonds is 5. The second-order valence-corrected chi connectivity index (χ2v) is 6.01. The van der Waals surface area contributed by atoms with Gasteiger partial charge >= 0.3 is 0 Å². The summed E-state index contributed by atoms with van der Waals surface area (Å²) in [5, 5.41) is 4.46. The van der Waals surface area contributed by atoms with Crippen LogP contribution in [-0.4, -0.2) is 27.1 Å². The van der Waals surface area contributed by atoms with E-state index in [1.165, 1.54) is 24.1 Å². The zero-order valence-electron chi connectivity index (χ0n) is 13.3. The quantitative estimate of drug-likeness (QED) is 0.830. The van der Waals surface area contributed by atoms with Crippen LogP contribution in [0.15, 0.2) is 0 Å². The number of hydrogen-bond acceptors (Lipinski definition) is 2. The predicted molar refractivity (Wildman–Crippen MR) is 80.3 cm³/mol. The maximum absolute atomic E-state index is 12.7. The highest BCUT2D eigenvalue weighted by molar-refractivity contribution is 5.79. The predicted octanol–water partition coefficient (Wildman–Crippen LogP) is 2.97. The van der Waals surface area contributed by atoms with E-state index in [0.717, 1.165) is 31.5 Å². The minimum atomic E-state index is 0.263. The van der Waals surface area contributed by atoms with Gasteiger partial charge in [-0.3, -0.25) is 9.48 Å². The van der Waals surface area contributed by atoms with Gasteiger partial charge in [-0.1, -0.05) is 19.8 Å². The molecule has 1 aromatic heterocycles. The van der Waals surface area contributed by atoms with E-state index in [-0.39, 0.29) is 5.92 Å². The molecular formula is C16H27N3O. The molecule has 1 heterocycles. The molecule has 4 heteroatoms. The third kappa shape index (κ3) is 3.05. The molecule has 0 atom stereocenters. The zero-order valence-corrected chi connectivity index (χ0v) is 13.3. The lowest BCUT2D eigenvalue weighted by atomic mass is 10.1. The molecule has 0 unspecified atom stereocenters. The van der Waals surface area contributed by atoms with Crippen LogP contribution in [0, 0.1) is 19.8 Å². The van der Waals surface area contributed by atoms with Crippen LogP contribution < -0.4 is 0 Å². The summed E-state index contributed by atoms with van der Waals surface area (Å²) in [5.74, 6) is 0.617. The summed E-state index contributed by atoms with van der Waals surface area (Å²) in [4.78, 5) is 14.7. The van der Waals surface area contributed by atoms with Crippen LogP contribution >= 0.6 is 0 Å². The van der Waals surface area contributed by atoms with Gasteiger partial charge in [0.1, 0.15) is 0 Å². The highest BCUT2D eigenvalue weighted by atomic mass is 16.2. The SMILES string of the molecule is CCCN(Cc1c(C)nn(C)c1C)C(=O)C1CCCC1. The topological polar surface area (TPSA) is 38.1 Å². The molecule has 20 heavy (non-hydrogen) atoms. The number of hydrogen-bond donors (Lipinski definition) is 0. The average Bonchev–Trinajstić information content (AvgIpc) is 3.02. The Morgan fingerprint density at radius 3 is 2.50 bits per heavy atom. The Bertz CT molecular complexity index is 472. The Morgan fingerprint density at radius 2 is 2.00 bits per heavy atom. The molecule has 1 amide bonds. The van der Waals surface area contributed by atoms with Gasteiger partial charge < -0.3 is 4.90 Å². The molecule has 0 N–H and O–H groups in total. The van der Waals surface area contributed by atoms with Gasteiger partial charge in [-0.05, 0) is 33.1 Å². The van der Waals surface area contributed by atoms with Crippen molar-refractivity contribution in [2.24, 2.45) is 13.0 Å². The van der Waals surface area contributed by atoms with Crippen molar-refractivity contribution in [3.63, 3.8) is 0 Å². The Balaban J connectivity index is 2.14. The fourth-order valence-electron chi connectivity index (χ4n) is 3.21. The molecule has 0 saturated heterocycles. The summed E-state index contributed by atoms with van der Waals surface area (Å²) in [6, 6.07) is 0. The van der Waals surface area contributed by atoms with E-state index in [1.807, 2.05) is 23.6 Å². The van der Waals surface area contributed by atoms with Crippen molar-refractivity contribution < 1.29 is 4.79 Å². The van der Waals surface area contributed by atoms with Crippen LogP contribution in [0.5, 0.6) is 0 Å². The normalized spacial score (nSPS) is 15.8. The van der Waals surface area contributed by atoms with Crippen molar-refractivity contribution in [3.8, 4) is 0 Å². The highest BCUT2D eigenvalue weighted by Gasteiger charge is 2.27. The van der Waals surface area contributed by atoms with Gasteiger partial charge in [0.05, 0.1) is 5.69 Å². The molecule has 4 nitrogen and oxygen atoms in total. The second kappa shape index (κ2) is 6.42. The Labute approximate surface area is 122 Å². The molecule has 2 rings (SSSR count). The molecule has 0 radical (unpaired) electrons. The van der Waals surface area contributed by atoms with E-state index in [4.69, 9.17) is 0 Å². The third-order valence-electron chi connectivity index (χ3n) is 4.52. The van der Waals surface area contributed by atoms with Gasteiger partial charge in [0, 0.05) is 37.3 Å². The van der Waals surface area contributed by atoms with E-state index < -0.39 is 0 Å². The number of amides is 1. The van der Waals surface area contributed by atoms with Crippen molar-refractivity contribution in [2.75, 3.05) is 6.54 Å². The Morgan fingerprint density at radius 1 is 1.35 bits per heavy atom. The lowest BCUT2D eigenvalue weighted by molar-refractivity contribution is -0.136. The van der Waals surface area contributed by atoms with Gasteiger partial charge in [0.15, 0.2) is 0 Å². The fraction of sp³-hybridized carbons (Fsp3) is 0.750. The first-order valence-corrected chi connectivity index (χ1v) is 7.82. The Hall–Kier alpha value is -1.32. The zero-order chi connectivity index (χ0) is 14.7. The first-order valence-electron chi connectivity index (χ1n) is 7.82. The number of carbonyl (C=O) groups is 1. The molecule has 1 aromatic rings. The van der Waals surface area contributed by atoms with Crippen LogP contribution in [0.2, 0.25) is 0 Å². The maximum atomic E-state index is 12.7. The van der Waals surface area contributed by atoms with E-state index in [9.17, 15) is 4.79 Å². The number of aryl methyl sites for hydroxylation is 2.